The van der Waals surface area contributed by atoms with E-state index in [1.807, 2.05) is 48.5 Å². The Morgan fingerprint density at radius 3 is 2.17 bits per heavy atom. The van der Waals surface area contributed by atoms with E-state index >= 15 is 0 Å². The number of aliphatic carboxylic acids is 1. The first-order chi connectivity index (χ1) is 11.7. The number of amides is 1. The lowest BCUT2D eigenvalue weighted by Gasteiger charge is -2.24. The molecule has 5 nitrogen and oxygen atoms in total. The van der Waals surface area contributed by atoms with Crippen molar-refractivity contribution in [2.24, 2.45) is 0 Å². The number of hydrogen-bond donors (Lipinski definition) is 1. The minimum absolute atomic E-state index is 0.422. The Morgan fingerprint density at radius 2 is 1.58 bits per heavy atom. The van der Waals surface area contributed by atoms with Gasteiger partial charge in [-0.15, -0.1) is 0 Å². The van der Waals surface area contributed by atoms with Crippen molar-refractivity contribution in [3.8, 4) is 11.1 Å². The van der Waals surface area contributed by atoms with Gasteiger partial charge in [0.1, 0.15) is 6.04 Å². The number of carbonyl (C=O) groups excluding carboxylic acids is 1. The first-order valence-electron chi connectivity index (χ1n) is 8.05. The van der Waals surface area contributed by atoms with E-state index in [2.05, 4.69) is 0 Å². The summed E-state index contributed by atoms with van der Waals surface area (Å²) < 4.78 is 5.75. The van der Waals surface area contributed by atoms with Crippen molar-refractivity contribution in [1.82, 2.24) is 4.90 Å². The fourth-order valence-corrected chi connectivity index (χ4v) is 3.65. The highest BCUT2D eigenvalue weighted by atomic mass is 16.6. The van der Waals surface area contributed by atoms with Gasteiger partial charge in [0.15, 0.2) is 6.10 Å². The molecular formula is C19H17NO4. The number of carboxylic acid groups (broad SMARTS) is 1. The summed E-state index contributed by atoms with van der Waals surface area (Å²) in [4.78, 5) is 25.2. The number of hydrogen-bond acceptors (Lipinski definition) is 3. The van der Waals surface area contributed by atoms with E-state index in [4.69, 9.17) is 4.74 Å². The highest BCUT2D eigenvalue weighted by molar-refractivity contribution is 5.83. The molecule has 0 radical (unpaired) electrons. The molecule has 1 heterocycles. The Kier molecular flexibility index (Phi) is 3.49. The Labute approximate surface area is 139 Å². The first kappa shape index (κ1) is 14.8. The van der Waals surface area contributed by atoms with E-state index in [0.29, 0.717) is 19.4 Å². The van der Waals surface area contributed by atoms with Crippen LogP contribution in [0.15, 0.2) is 48.5 Å². The lowest BCUT2D eigenvalue weighted by Crippen LogP contribution is -2.41. The van der Waals surface area contributed by atoms with Crippen LogP contribution >= 0.6 is 0 Å². The van der Waals surface area contributed by atoms with E-state index in [9.17, 15) is 14.7 Å². The van der Waals surface area contributed by atoms with Crippen molar-refractivity contribution in [3.05, 3.63) is 59.7 Å². The Bertz CT molecular complexity index is 771. The van der Waals surface area contributed by atoms with Gasteiger partial charge in [0, 0.05) is 17.7 Å². The van der Waals surface area contributed by atoms with Crippen molar-refractivity contribution >= 4 is 12.1 Å². The van der Waals surface area contributed by atoms with Crippen LogP contribution in [0.1, 0.15) is 30.1 Å². The predicted molar refractivity (Wildman–Crippen MR) is 87.6 cm³/mol. The summed E-state index contributed by atoms with van der Waals surface area (Å²) in [6, 6.07) is 14.9. The van der Waals surface area contributed by atoms with Crippen LogP contribution in [0.3, 0.4) is 0 Å². The number of likely N-dealkylation sites (tertiary alicyclic amines) is 1. The summed E-state index contributed by atoms with van der Waals surface area (Å²) in [6.45, 7) is 0.422. The quantitative estimate of drug-likeness (QED) is 0.919. The highest BCUT2D eigenvalue weighted by Gasteiger charge is 2.38. The Hall–Kier alpha value is -2.82. The number of benzene rings is 2. The molecule has 5 heteroatoms. The van der Waals surface area contributed by atoms with Crippen LogP contribution in [-0.2, 0) is 9.53 Å². The maximum absolute atomic E-state index is 12.6. The van der Waals surface area contributed by atoms with Gasteiger partial charge in [0.05, 0.1) is 0 Å². The Balaban J connectivity index is 1.65. The molecule has 1 fully saturated rings. The average Bonchev–Trinajstić information content (AvgIpc) is 3.20. The molecule has 0 aromatic heterocycles. The molecule has 24 heavy (non-hydrogen) atoms. The van der Waals surface area contributed by atoms with E-state index < -0.39 is 24.2 Å². The van der Waals surface area contributed by atoms with Crippen molar-refractivity contribution in [1.29, 1.82) is 0 Å². The van der Waals surface area contributed by atoms with E-state index in [0.717, 1.165) is 22.3 Å². The van der Waals surface area contributed by atoms with Crippen molar-refractivity contribution in [3.63, 3.8) is 0 Å². The standard InChI is InChI=1S/C19H17NO4/c21-18(22)16-10-5-11-20(16)19(23)24-17-14-8-3-1-6-12(14)13-7-2-4-9-15(13)17/h1-4,6-9,16-17H,5,10-11H2,(H,21,22). The summed E-state index contributed by atoms with van der Waals surface area (Å²) in [5, 5.41) is 9.26. The smallest absolute Gasteiger partial charge is 0.411 e. The monoisotopic (exact) mass is 323 g/mol. The third-order valence-corrected chi connectivity index (χ3v) is 4.77. The van der Waals surface area contributed by atoms with Gasteiger partial charge < -0.3 is 9.84 Å². The molecule has 4 rings (SSSR count). The van der Waals surface area contributed by atoms with E-state index in [-0.39, 0.29) is 0 Å². The predicted octanol–water partition coefficient (Wildman–Crippen LogP) is 3.44. The molecule has 1 amide bonds. The Morgan fingerprint density at radius 1 is 1.00 bits per heavy atom. The summed E-state index contributed by atoms with van der Waals surface area (Å²) in [5.74, 6) is -0.975. The molecule has 1 unspecified atom stereocenters. The van der Waals surface area contributed by atoms with Gasteiger partial charge in [-0.3, -0.25) is 4.90 Å². The molecule has 0 spiro atoms. The average molecular weight is 323 g/mol. The van der Waals surface area contributed by atoms with Gasteiger partial charge in [0.2, 0.25) is 0 Å². The molecular weight excluding hydrogens is 306 g/mol. The van der Waals surface area contributed by atoms with Gasteiger partial charge >= 0.3 is 12.1 Å². The molecule has 2 aliphatic rings. The lowest BCUT2D eigenvalue weighted by atomic mass is 10.1. The number of ether oxygens (including phenoxy) is 1. The lowest BCUT2D eigenvalue weighted by molar-refractivity contribution is -0.141. The van der Waals surface area contributed by atoms with Crippen LogP contribution in [0.25, 0.3) is 11.1 Å². The van der Waals surface area contributed by atoms with Gasteiger partial charge in [-0.25, -0.2) is 9.59 Å². The molecule has 2 aromatic rings. The zero-order valence-electron chi connectivity index (χ0n) is 13.0. The normalized spacial score (nSPS) is 19.0. The van der Waals surface area contributed by atoms with Crippen LogP contribution < -0.4 is 0 Å². The topological polar surface area (TPSA) is 66.8 Å². The van der Waals surface area contributed by atoms with Crippen LogP contribution in [-0.4, -0.2) is 34.7 Å². The number of fused-ring (bicyclic) bond motifs is 3. The summed E-state index contributed by atoms with van der Waals surface area (Å²) in [7, 11) is 0. The van der Waals surface area contributed by atoms with Crippen LogP contribution in [0, 0.1) is 0 Å². The fraction of sp³-hybridized carbons (Fsp3) is 0.263. The molecule has 0 saturated carbocycles. The zero-order chi connectivity index (χ0) is 16.7. The first-order valence-corrected chi connectivity index (χ1v) is 8.05. The third-order valence-electron chi connectivity index (χ3n) is 4.77. The minimum atomic E-state index is -0.975. The molecule has 1 saturated heterocycles. The fourth-order valence-electron chi connectivity index (χ4n) is 3.65. The minimum Gasteiger partial charge on any atom is -0.480 e. The SMILES string of the molecule is O=C(O)C1CCCN1C(=O)OC1c2ccccc2-c2ccccc21. The van der Waals surface area contributed by atoms with Gasteiger partial charge in [-0.05, 0) is 24.0 Å². The molecule has 0 bridgehead atoms. The maximum atomic E-state index is 12.6. The number of carbonyl (C=O) groups is 2. The van der Waals surface area contributed by atoms with E-state index in [1.165, 1.54) is 4.90 Å². The van der Waals surface area contributed by atoms with Gasteiger partial charge in [0.25, 0.3) is 0 Å². The molecule has 1 N–H and O–H groups in total. The summed E-state index contributed by atoms with van der Waals surface area (Å²) >= 11 is 0. The second-order valence-electron chi connectivity index (χ2n) is 6.13. The van der Waals surface area contributed by atoms with Crippen molar-refractivity contribution in [2.75, 3.05) is 6.54 Å². The molecule has 1 aliphatic heterocycles. The van der Waals surface area contributed by atoms with Crippen LogP contribution in [0.5, 0.6) is 0 Å². The molecule has 2 aromatic carbocycles. The molecule has 122 valence electrons. The third kappa shape index (κ3) is 2.24. The van der Waals surface area contributed by atoms with Gasteiger partial charge in [-0.1, -0.05) is 48.5 Å². The second kappa shape index (κ2) is 5.67. The number of nitrogens with zero attached hydrogens (tertiary/aromatic N) is 1. The number of carboxylic acids is 1. The van der Waals surface area contributed by atoms with Crippen LogP contribution in [0.2, 0.25) is 0 Å². The molecule has 1 aliphatic carbocycles. The second-order valence-corrected chi connectivity index (χ2v) is 6.13. The van der Waals surface area contributed by atoms with Crippen molar-refractivity contribution in [2.45, 2.75) is 25.0 Å². The zero-order valence-corrected chi connectivity index (χ0v) is 13.0. The van der Waals surface area contributed by atoms with E-state index in [1.54, 1.807) is 0 Å². The molecule has 1 atom stereocenters. The van der Waals surface area contributed by atoms with Gasteiger partial charge in [-0.2, -0.15) is 0 Å². The number of rotatable bonds is 2. The summed E-state index contributed by atoms with van der Waals surface area (Å²) in [6.07, 6.45) is 0.114. The maximum Gasteiger partial charge on any atom is 0.411 e. The largest absolute Gasteiger partial charge is 0.480 e. The highest BCUT2D eigenvalue weighted by Crippen LogP contribution is 2.45. The summed E-state index contributed by atoms with van der Waals surface area (Å²) in [5.41, 5.74) is 4.00. The van der Waals surface area contributed by atoms with Crippen molar-refractivity contribution < 1.29 is 19.4 Å². The van der Waals surface area contributed by atoms with Crippen LogP contribution in [0.4, 0.5) is 4.79 Å².